The van der Waals surface area contributed by atoms with Crippen LogP contribution in [-0.4, -0.2) is 25.8 Å². The number of hydrogen-bond acceptors (Lipinski definition) is 3. The first-order chi connectivity index (χ1) is 6.16. The maximum Gasteiger partial charge on any atom is 0.328 e. The zero-order chi connectivity index (χ0) is 10.1. The Bertz CT molecular complexity index is 139. The molecule has 0 bridgehead atoms. The number of ether oxygens (including phenoxy) is 1. The molecule has 0 aromatic carbocycles. The summed E-state index contributed by atoms with van der Waals surface area (Å²) in [5, 5.41) is 2.57. The van der Waals surface area contributed by atoms with Crippen LogP contribution in [0.4, 0.5) is 4.79 Å². The van der Waals surface area contributed by atoms with Gasteiger partial charge < -0.3 is 10.1 Å². The average molecular weight is 189 g/mol. The lowest BCUT2D eigenvalue weighted by Crippen LogP contribution is -2.40. The fourth-order valence-electron chi connectivity index (χ4n) is 0.746. The Hall–Kier alpha value is -0.810. The summed E-state index contributed by atoms with van der Waals surface area (Å²) in [5.74, 6) is 5.42. The van der Waals surface area contributed by atoms with E-state index in [0.29, 0.717) is 19.1 Å². The van der Waals surface area contributed by atoms with Crippen molar-refractivity contribution in [1.82, 2.24) is 10.7 Å². The molecule has 4 N–H and O–H groups in total. The molecule has 5 nitrogen and oxygen atoms in total. The third kappa shape index (κ3) is 9.10. The van der Waals surface area contributed by atoms with Gasteiger partial charge in [-0.05, 0) is 12.3 Å². The van der Waals surface area contributed by atoms with Crippen molar-refractivity contribution in [2.45, 2.75) is 20.3 Å². The Labute approximate surface area is 79.0 Å². The molecule has 0 aromatic heterocycles. The number of nitrogens with two attached hydrogens (primary N) is 1. The van der Waals surface area contributed by atoms with Crippen molar-refractivity contribution >= 4 is 6.03 Å². The highest BCUT2D eigenvalue weighted by Gasteiger charge is 1.96. The molecule has 0 aliphatic heterocycles. The minimum absolute atomic E-state index is 0.358. The molecular formula is C8H19N3O2. The summed E-state index contributed by atoms with van der Waals surface area (Å²) >= 11 is 0. The minimum Gasteiger partial charge on any atom is -0.381 e. The number of carbonyl (C=O) groups excluding carboxylic acids is 1. The highest BCUT2D eigenvalue weighted by Crippen LogP contribution is 1.92. The molecule has 0 fully saturated rings. The van der Waals surface area contributed by atoms with Gasteiger partial charge in [-0.2, -0.15) is 0 Å². The highest BCUT2D eigenvalue weighted by molar-refractivity contribution is 5.72. The summed E-state index contributed by atoms with van der Waals surface area (Å²) in [6.07, 6.45) is 0.806. The SMILES string of the molecule is CC(C)COCCCNC(=O)NN. The van der Waals surface area contributed by atoms with E-state index in [1.165, 1.54) is 0 Å². The lowest BCUT2D eigenvalue weighted by Gasteiger charge is -2.07. The summed E-state index contributed by atoms with van der Waals surface area (Å²) in [5.41, 5.74) is 1.98. The van der Waals surface area contributed by atoms with Gasteiger partial charge in [-0.1, -0.05) is 13.8 Å². The van der Waals surface area contributed by atoms with Crippen molar-refractivity contribution in [2.24, 2.45) is 11.8 Å². The average Bonchev–Trinajstić information content (AvgIpc) is 2.10. The van der Waals surface area contributed by atoms with E-state index in [4.69, 9.17) is 10.6 Å². The third-order valence-electron chi connectivity index (χ3n) is 1.33. The molecule has 78 valence electrons. The molecule has 13 heavy (non-hydrogen) atoms. The van der Waals surface area contributed by atoms with Gasteiger partial charge in [-0.3, -0.25) is 5.43 Å². The maximum absolute atomic E-state index is 10.6. The Morgan fingerprint density at radius 3 is 2.77 bits per heavy atom. The minimum atomic E-state index is -0.358. The summed E-state index contributed by atoms with van der Waals surface area (Å²) in [4.78, 5) is 10.6. The lowest BCUT2D eigenvalue weighted by molar-refractivity contribution is 0.108. The monoisotopic (exact) mass is 189 g/mol. The molecule has 2 amide bonds. The van der Waals surface area contributed by atoms with Crippen LogP contribution in [0.2, 0.25) is 0 Å². The van der Waals surface area contributed by atoms with Gasteiger partial charge in [0.05, 0.1) is 0 Å². The highest BCUT2D eigenvalue weighted by atomic mass is 16.5. The summed E-state index contributed by atoms with van der Waals surface area (Å²) < 4.78 is 5.31. The van der Waals surface area contributed by atoms with Crippen molar-refractivity contribution < 1.29 is 9.53 Å². The van der Waals surface area contributed by atoms with Crippen molar-refractivity contribution in [3.63, 3.8) is 0 Å². The standard InChI is InChI=1S/C8H19N3O2/c1-7(2)6-13-5-3-4-10-8(12)11-9/h7H,3-6,9H2,1-2H3,(H2,10,11,12). The van der Waals surface area contributed by atoms with Gasteiger partial charge in [-0.15, -0.1) is 0 Å². The van der Waals surface area contributed by atoms with Crippen molar-refractivity contribution in [3.05, 3.63) is 0 Å². The fraction of sp³-hybridized carbons (Fsp3) is 0.875. The first-order valence-corrected chi connectivity index (χ1v) is 4.49. The van der Waals surface area contributed by atoms with E-state index in [-0.39, 0.29) is 6.03 Å². The predicted octanol–water partition coefficient (Wildman–Crippen LogP) is 0.222. The van der Waals surface area contributed by atoms with E-state index in [9.17, 15) is 4.79 Å². The maximum atomic E-state index is 10.6. The smallest absolute Gasteiger partial charge is 0.328 e. The number of rotatable bonds is 6. The van der Waals surface area contributed by atoms with Gasteiger partial charge >= 0.3 is 6.03 Å². The van der Waals surface area contributed by atoms with Crippen LogP contribution >= 0.6 is 0 Å². The topological polar surface area (TPSA) is 76.4 Å². The zero-order valence-electron chi connectivity index (χ0n) is 8.30. The zero-order valence-corrected chi connectivity index (χ0v) is 8.30. The van der Waals surface area contributed by atoms with Crippen molar-refractivity contribution in [2.75, 3.05) is 19.8 Å². The summed E-state index contributed by atoms with van der Waals surface area (Å²) in [6.45, 7) is 6.22. The number of amides is 2. The van der Waals surface area contributed by atoms with E-state index < -0.39 is 0 Å². The van der Waals surface area contributed by atoms with E-state index in [1.54, 1.807) is 0 Å². The molecule has 0 spiro atoms. The Kier molecular flexibility index (Phi) is 7.33. The van der Waals surface area contributed by atoms with Crippen LogP contribution in [0.3, 0.4) is 0 Å². The number of carbonyl (C=O) groups is 1. The van der Waals surface area contributed by atoms with Gasteiger partial charge in [-0.25, -0.2) is 10.6 Å². The van der Waals surface area contributed by atoms with Crippen LogP contribution in [0, 0.1) is 5.92 Å². The first kappa shape index (κ1) is 12.2. The van der Waals surface area contributed by atoms with Crippen LogP contribution in [0.5, 0.6) is 0 Å². The second-order valence-electron chi connectivity index (χ2n) is 3.22. The fourth-order valence-corrected chi connectivity index (χ4v) is 0.746. The number of urea groups is 1. The van der Waals surface area contributed by atoms with Gasteiger partial charge in [0.25, 0.3) is 0 Å². The van der Waals surface area contributed by atoms with E-state index in [2.05, 4.69) is 19.2 Å². The Morgan fingerprint density at radius 2 is 2.23 bits per heavy atom. The van der Waals surface area contributed by atoms with Gasteiger partial charge in [0.1, 0.15) is 0 Å². The number of hydrogen-bond donors (Lipinski definition) is 3. The molecule has 0 aliphatic rings. The summed E-state index contributed by atoms with van der Waals surface area (Å²) in [6, 6.07) is -0.358. The van der Waals surface area contributed by atoms with Gasteiger partial charge in [0.15, 0.2) is 0 Å². The van der Waals surface area contributed by atoms with Gasteiger partial charge in [0, 0.05) is 19.8 Å². The molecule has 5 heteroatoms. The molecule has 0 aromatic rings. The molecule has 0 atom stereocenters. The molecule has 0 rings (SSSR count). The van der Waals surface area contributed by atoms with E-state index >= 15 is 0 Å². The Balaban J connectivity index is 3.04. The Morgan fingerprint density at radius 1 is 1.54 bits per heavy atom. The number of hydrazine groups is 1. The van der Waals surface area contributed by atoms with Crippen LogP contribution in [0.1, 0.15) is 20.3 Å². The first-order valence-electron chi connectivity index (χ1n) is 4.49. The second kappa shape index (κ2) is 7.82. The normalized spacial score (nSPS) is 10.2. The van der Waals surface area contributed by atoms with Crippen molar-refractivity contribution in [3.8, 4) is 0 Å². The molecule has 0 saturated heterocycles. The van der Waals surface area contributed by atoms with Crippen molar-refractivity contribution in [1.29, 1.82) is 0 Å². The van der Waals surface area contributed by atoms with Gasteiger partial charge in [0.2, 0.25) is 0 Å². The summed E-state index contributed by atoms with van der Waals surface area (Å²) in [7, 11) is 0. The van der Waals surface area contributed by atoms with Crippen LogP contribution in [0.15, 0.2) is 0 Å². The number of nitrogens with one attached hydrogen (secondary N) is 2. The van der Waals surface area contributed by atoms with E-state index in [1.807, 2.05) is 5.43 Å². The molecule has 0 saturated carbocycles. The molecule has 0 radical (unpaired) electrons. The molecule has 0 heterocycles. The third-order valence-corrected chi connectivity index (χ3v) is 1.33. The predicted molar refractivity (Wildman–Crippen MR) is 51.0 cm³/mol. The molecule has 0 aliphatic carbocycles. The molecule has 0 unspecified atom stereocenters. The quantitative estimate of drug-likeness (QED) is 0.242. The van der Waals surface area contributed by atoms with Crippen LogP contribution < -0.4 is 16.6 Å². The lowest BCUT2D eigenvalue weighted by atomic mass is 10.2. The van der Waals surface area contributed by atoms with Crippen LogP contribution in [0.25, 0.3) is 0 Å². The van der Waals surface area contributed by atoms with E-state index in [0.717, 1.165) is 13.0 Å². The largest absolute Gasteiger partial charge is 0.381 e. The molecular weight excluding hydrogens is 170 g/mol. The van der Waals surface area contributed by atoms with Crippen LogP contribution in [-0.2, 0) is 4.74 Å². The second-order valence-corrected chi connectivity index (χ2v) is 3.22.